The first-order valence-corrected chi connectivity index (χ1v) is 9.26. The highest BCUT2D eigenvalue weighted by molar-refractivity contribution is 6.36. The first-order chi connectivity index (χ1) is 15.0. The Labute approximate surface area is 176 Å². The lowest BCUT2D eigenvalue weighted by Crippen LogP contribution is -2.31. The van der Waals surface area contributed by atoms with Crippen LogP contribution in [0.25, 0.3) is 5.57 Å². The third kappa shape index (κ3) is 3.88. The number of amides is 2. The standard InChI is InChI=1S/C22H17N3O6/c1-30-17-5-2-4-15(12-17)23-20-19(14-7-9-16(10-8-14)25(28)29)21(26)24(22(20)27)13-18-6-3-11-31-18/h2-12,23H,13H2,1H3. The van der Waals surface area contributed by atoms with Gasteiger partial charge in [0.1, 0.15) is 17.2 Å². The van der Waals surface area contributed by atoms with Gasteiger partial charge in [0.05, 0.1) is 30.4 Å². The molecule has 156 valence electrons. The fourth-order valence-electron chi connectivity index (χ4n) is 3.26. The number of non-ortho nitro benzene ring substituents is 1. The van der Waals surface area contributed by atoms with E-state index in [-0.39, 0.29) is 23.5 Å². The molecule has 0 bridgehead atoms. The fourth-order valence-corrected chi connectivity index (χ4v) is 3.26. The van der Waals surface area contributed by atoms with Gasteiger partial charge in [-0.2, -0.15) is 0 Å². The number of anilines is 1. The third-order valence-electron chi connectivity index (χ3n) is 4.77. The molecule has 31 heavy (non-hydrogen) atoms. The average Bonchev–Trinajstić information content (AvgIpc) is 3.37. The molecule has 0 aliphatic carbocycles. The number of nitrogens with one attached hydrogen (secondary N) is 1. The molecular formula is C22H17N3O6. The number of methoxy groups -OCH3 is 1. The van der Waals surface area contributed by atoms with E-state index in [1.165, 1.54) is 37.6 Å². The summed E-state index contributed by atoms with van der Waals surface area (Å²) in [6, 6.07) is 15.7. The number of imide groups is 1. The van der Waals surface area contributed by atoms with Crippen LogP contribution < -0.4 is 10.1 Å². The lowest BCUT2D eigenvalue weighted by molar-refractivity contribution is -0.384. The molecule has 9 nitrogen and oxygen atoms in total. The monoisotopic (exact) mass is 419 g/mol. The molecule has 3 aromatic rings. The second-order valence-electron chi connectivity index (χ2n) is 6.69. The zero-order valence-corrected chi connectivity index (χ0v) is 16.4. The number of hydrogen-bond acceptors (Lipinski definition) is 7. The molecule has 9 heteroatoms. The summed E-state index contributed by atoms with van der Waals surface area (Å²) in [7, 11) is 1.52. The second kappa shape index (κ2) is 8.15. The number of benzene rings is 2. The topological polar surface area (TPSA) is 115 Å². The number of furan rings is 1. The molecular weight excluding hydrogens is 402 g/mol. The van der Waals surface area contributed by atoms with Crippen molar-refractivity contribution in [3.63, 3.8) is 0 Å². The van der Waals surface area contributed by atoms with Crippen LogP contribution in [-0.2, 0) is 16.1 Å². The predicted octanol–water partition coefficient (Wildman–Crippen LogP) is 3.59. The molecule has 0 radical (unpaired) electrons. The van der Waals surface area contributed by atoms with Crippen LogP contribution in [0.1, 0.15) is 11.3 Å². The van der Waals surface area contributed by atoms with Crippen molar-refractivity contribution >= 4 is 28.8 Å². The minimum Gasteiger partial charge on any atom is -0.497 e. The van der Waals surface area contributed by atoms with Gasteiger partial charge in [-0.1, -0.05) is 6.07 Å². The van der Waals surface area contributed by atoms with Crippen LogP contribution >= 0.6 is 0 Å². The first kappa shape index (κ1) is 19.9. The summed E-state index contributed by atoms with van der Waals surface area (Å²) in [4.78, 5) is 37.9. The van der Waals surface area contributed by atoms with E-state index in [0.717, 1.165) is 4.90 Å². The van der Waals surface area contributed by atoms with Crippen molar-refractivity contribution in [1.82, 2.24) is 4.90 Å². The molecule has 1 aromatic heterocycles. The molecule has 0 fully saturated rings. The van der Waals surface area contributed by atoms with E-state index in [1.807, 2.05) is 0 Å². The smallest absolute Gasteiger partial charge is 0.278 e. The minimum atomic E-state index is -0.530. The molecule has 2 heterocycles. The second-order valence-corrected chi connectivity index (χ2v) is 6.69. The highest BCUT2D eigenvalue weighted by Gasteiger charge is 2.39. The van der Waals surface area contributed by atoms with Gasteiger partial charge in [-0.3, -0.25) is 24.6 Å². The molecule has 1 aliphatic heterocycles. The largest absolute Gasteiger partial charge is 0.497 e. The highest BCUT2D eigenvalue weighted by atomic mass is 16.6. The Morgan fingerprint density at radius 3 is 2.48 bits per heavy atom. The van der Waals surface area contributed by atoms with Gasteiger partial charge < -0.3 is 14.5 Å². The Morgan fingerprint density at radius 1 is 1.06 bits per heavy atom. The average molecular weight is 419 g/mol. The third-order valence-corrected chi connectivity index (χ3v) is 4.77. The maximum atomic E-state index is 13.2. The van der Waals surface area contributed by atoms with Gasteiger partial charge in [-0.05, 0) is 42.0 Å². The molecule has 0 unspecified atom stereocenters. The predicted molar refractivity (Wildman–Crippen MR) is 111 cm³/mol. The van der Waals surface area contributed by atoms with E-state index >= 15 is 0 Å². The van der Waals surface area contributed by atoms with Crippen LogP contribution in [0.4, 0.5) is 11.4 Å². The van der Waals surface area contributed by atoms with Crippen LogP contribution in [-0.4, -0.2) is 28.7 Å². The van der Waals surface area contributed by atoms with Crippen molar-refractivity contribution in [2.75, 3.05) is 12.4 Å². The number of carbonyl (C=O) groups is 2. The number of nitro groups is 1. The van der Waals surface area contributed by atoms with E-state index in [9.17, 15) is 19.7 Å². The highest BCUT2D eigenvalue weighted by Crippen LogP contribution is 2.33. The molecule has 1 N–H and O–H groups in total. The van der Waals surface area contributed by atoms with Gasteiger partial charge in [0.15, 0.2) is 0 Å². The van der Waals surface area contributed by atoms with E-state index in [2.05, 4.69) is 5.32 Å². The van der Waals surface area contributed by atoms with Gasteiger partial charge in [0.2, 0.25) is 0 Å². The van der Waals surface area contributed by atoms with Crippen molar-refractivity contribution < 1.29 is 23.7 Å². The Bertz CT molecular complexity index is 1180. The number of hydrogen-bond donors (Lipinski definition) is 1. The SMILES string of the molecule is COc1cccc(NC2=C(c3ccc([N+](=O)[O-])cc3)C(=O)N(Cc3ccco3)C2=O)c1. The number of nitro benzene ring substituents is 1. The summed E-state index contributed by atoms with van der Waals surface area (Å²) >= 11 is 0. The number of carbonyl (C=O) groups excluding carboxylic acids is 2. The van der Waals surface area contributed by atoms with Crippen LogP contribution in [0.2, 0.25) is 0 Å². The maximum Gasteiger partial charge on any atom is 0.278 e. The van der Waals surface area contributed by atoms with Crippen LogP contribution in [0, 0.1) is 10.1 Å². The summed E-state index contributed by atoms with van der Waals surface area (Å²) in [5.41, 5.74) is 1.01. The summed E-state index contributed by atoms with van der Waals surface area (Å²) in [5, 5.41) is 14.0. The first-order valence-electron chi connectivity index (χ1n) is 9.26. The fraction of sp³-hybridized carbons (Fsp3) is 0.0909. The number of nitrogens with zero attached hydrogens (tertiary/aromatic N) is 2. The molecule has 0 atom stereocenters. The van der Waals surface area contributed by atoms with E-state index < -0.39 is 16.7 Å². The molecule has 0 saturated carbocycles. The van der Waals surface area contributed by atoms with Gasteiger partial charge in [-0.15, -0.1) is 0 Å². The molecule has 4 rings (SSSR count). The van der Waals surface area contributed by atoms with Crippen molar-refractivity contribution in [2.24, 2.45) is 0 Å². The summed E-state index contributed by atoms with van der Waals surface area (Å²) < 4.78 is 10.5. The molecule has 0 spiro atoms. The number of rotatable bonds is 7. The van der Waals surface area contributed by atoms with Crippen LogP contribution in [0.5, 0.6) is 5.75 Å². The zero-order chi connectivity index (χ0) is 22.0. The zero-order valence-electron chi connectivity index (χ0n) is 16.4. The lowest BCUT2D eigenvalue weighted by atomic mass is 10.0. The van der Waals surface area contributed by atoms with Crippen LogP contribution in [0.3, 0.4) is 0 Å². The number of ether oxygens (including phenoxy) is 1. The maximum absolute atomic E-state index is 13.2. The van der Waals surface area contributed by atoms with Gasteiger partial charge in [0.25, 0.3) is 17.5 Å². The Kier molecular flexibility index (Phi) is 5.23. The van der Waals surface area contributed by atoms with Crippen molar-refractivity contribution in [3.8, 4) is 5.75 Å². The quantitative estimate of drug-likeness (QED) is 0.353. The van der Waals surface area contributed by atoms with Crippen LogP contribution in [0.15, 0.2) is 77.0 Å². The summed E-state index contributed by atoms with van der Waals surface area (Å²) in [6.07, 6.45) is 1.46. The van der Waals surface area contributed by atoms with Gasteiger partial charge >= 0.3 is 0 Å². The normalized spacial score (nSPS) is 13.6. The minimum absolute atomic E-state index is 0.0373. The van der Waals surface area contributed by atoms with Gasteiger partial charge in [-0.25, -0.2) is 0 Å². The molecule has 2 amide bonds. The lowest BCUT2D eigenvalue weighted by Gasteiger charge is -2.13. The molecule has 0 saturated heterocycles. The summed E-state index contributed by atoms with van der Waals surface area (Å²) in [5.74, 6) is -0.0303. The van der Waals surface area contributed by atoms with Crippen molar-refractivity contribution in [3.05, 3.63) is 94.1 Å². The summed E-state index contributed by atoms with van der Waals surface area (Å²) in [6.45, 7) is -0.0373. The Morgan fingerprint density at radius 2 is 1.84 bits per heavy atom. The van der Waals surface area contributed by atoms with Gasteiger partial charge in [0, 0.05) is 23.9 Å². The van der Waals surface area contributed by atoms with E-state index in [0.29, 0.717) is 22.8 Å². The van der Waals surface area contributed by atoms with Crippen molar-refractivity contribution in [2.45, 2.75) is 6.54 Å². The molecule has 1 aliphatic rings. The van der Waals surface area contributed by atoms with E-state index in [1.54, 1.807) is 36.4 Å². The Balaban J connectivity index is 1.75. The Hall–Kier alpha value is -4.40. The molecule has 2 aromatic carbocycles. The van der Waals surface area contributed by atoms with Crippen molar-refractivity contribution in [1.29, 1.82) is 0 Å². The van der Waals surface area contributed by atoms with E-state index in [4.69, 9.17) is 9.15 Å².